The lowest BCUT2D eigenvalue weighted by Gasteiger charge is -2.16. The van der Waals surface area contributed by atoms with E-state index >= 15 is 0 Å². The van der Waals surface area contributed by atoms with Crippen LogP contribution in [0.4, 0.5) is 0 Å². The van der Waals surface area contributed by atoms with Crippen LogP contribution in [0.2, 0.25) is 0 Å². The predicted octanol–water partition coefficient (Wildman–Crippen LogP) is 0.587. The fourth-order valence-electron chi connectivity index (χ4n) is 1.68. The summed E-state index contributed by atoms with van der Waals surface area (Å²) in [7, 11) is 1.22. The lowest BCUT2D eigenvalue weighted by molar-refractivity contribution is -0.144. The molecule has 1 heterocycles. The Morgan fingerprint density at radius 3 is 2.68 bits per heavy atom. The Morgan fingerprint density at radius 1 is 1.32 bits per heavy atom. The molecule has 6 heteroatoms. The van der Waals surface area contributed by atoms with Gasteiger partial charge in [0.25, 0.3) is 0 Å². The van der Waals surface area contributed by atoms with Crippen LogP contribution in [-0.2, 0) is 9.53 Å². The molecule has 0 amide bonds. The molecular weight excluding hydrogens is 248 g/mol. The number of aliphatic hydroxyl groups excluding tert-OH is 2. The summed E-state index contributed by atoms with van der Waals surface area (Å²) in [5.41, 5.74) is 1.53. The van der Waals surface area contributed by atoms with Gasteiger partial charge in [-0.3, -0.25) is 9.78 Å². The highest BCUT2D eigenvalue weighted by Gasteiger charge is 2.23. The number of nitrogens with zero attached hydrogens (tertiary/aromatic N) is 2. The highest BCUT2D eigenvalue weighted by atomic mass is 16.5. The molecule has 0 fully saturated rings. The second-order valence-corrected chi connectivity index (χ2v) is 4.08. The van der Waals surface area contributed by atoms with E-state index in [2.05, 4.69) is 14.7 Å². The van der Waals surface area contributed by atoms with Crippen LogP contribution in [0.3, 0.4) is 0 Å². The smallest absolute Gasteiger partial charge is 0.308 e. The number of carbonyl (C=O) groups is 1. The standard InChI is InChI=1S/C13H14N2O4/c1-19-12(17)6-11(16)13(18)10-7-14-8-4-2-3-5-9(8)15-10/h2-5,7,11,13,16,18H,6H2,1H3. The van der Waals surface area contributed by atoms with E-state index in [0.717, 1.165) is 0 Å². The van der Waals surface area contributed by atoms with Crippen LogP contribution in [0.25, 0.3) is 11.0 Å². The van der Waals surface area contributed by atoms with E-state index < -0.39 is 18.2 Å². The lowest BCUT2D eigenvalue weighted by Crippen LogP contribution is -2.23. The van der Waals surface area contributed by atoms with E-state index in [-0.39, 0.29) is 12.1 Å². The Kier molecular flexibility index (Phi) is 4.03. The molecule has 0 aliphatic carbocycles. The second-order valence-electron chi connectivity index (χ2n) is 4.08. The summed E-state index contributed by atoms with van der Waals surface area (Å²) in [5.74, 6) is -0.597. The van der Waals surface area contributed by atoms with Gasteiger partial charge in [0.1, 0.15) is 6.10 Å². The minimum Gasteiger partial charge on any atom is -0.469 e. The zero-order valence-corrected chi connectivity index (χ0v) is 10.4. The molecule has 0 radical (unpaired) electrons. The molecule has 0 spiro atoms. The highest BCUT2D eigenvalue weighted by Crippen LogP contribution is 2.19. The average Bonchev–Trinajstić information content (AvgIpc) is 2.45. The van der Waals surface area contributed by atoms with Crippen molar-refractivity contribution in [2.24, 2.45) is 0 Å². The zero-order valence-electron chi connectivity index (χ0n) is 10.4. The fourth-order valence-corrected chi connectivity index (χ4v) is 1.68. The summed E-state index contributed by atoms with van der Waals surface area (Å²) in [5, 5.41) is 19.7. The van der Waals surface area contributed by atoms with Gasteiger partial charge < -0.3 is 14.9 Å². The van der Waals surface area contributed by atoms with Crippen LogP contribution in [0.15, 0.2) is 30.5 Å². The first-order valence-corrected chi connectivity index (χ1v) is 5.76. The third kappa shape index (κ3) is 3.04. The Bertz CT molecular complexity index is 588. The quantitative estimate of drug-likeness (QED) is 0.783. The number of hydrogen-bond acceptors (Lipinski definition) is 6. The van der Waals surface area contributed by atoms with E-state index in [0.29, 0.717) is 11.0 Å². The summed E-state index contributed by atoms with van der Waals surface area (Å²) in [4.78, 5) is 19.4. The minimum absolute atomic E-state index is 0.218. The molecular formula is C13H14N2O4. The van der Waals surface area contributed by atoms with Crippen LogP contribution in [0, 0.1) is 0 Å². The maximum absolute atomic E-state index is 11.0. The monoisotopic (exact) mass is 262 g/mol. The van der Waals surface area contributed by atoms with Gasteiger partial charge in [0.05, 0.1) is 42.6 Å². The first kappa shape index (κ1) is 13.4. The average molecular weight is 262 g/mol. The summed E-state index contributed by atoms with van der Waals surface area (Å²) < 4.78 is 4.43. The number of methoxy groups -OCH3 is 1. The molecule has 2 rings (SSSR count). The fraction of sp³-hybridized carbons (Fsp3) is 0.308. The third-order valence-corrected chi connectivity index (χ3v) is 2.74. The Labute approximate surface area is 109 Å². The van der Waals surface area contributed by atoms with Gasteiger partial charge in [-0.25, -0.2) is 4.98 Å². The first-order valence-electron chi connectivity index (χ1n) is 5.76. The third-order valence-electron chi connectivity index (χ3n) is 2.74. The molecule has 6 nitrogen and oxygen atoms in total. The molecule has 2 atom stereocenters. The molecule has 0 saturated heterocycles. The Balaban J connectivity index is 2.21. The summed E-state index contributed by atoms with van der Waals surface area (Å²) >= 11 is 0. The molecule has 2 aromatic rings. The van der Waals surface area contributed by atoms with Crippen molar-refractivity contribution in [1.82, 2.24) is 9.97 Å². The second kappa shape index (κ2) is 5.73. The Hall–Kier alpha value is -2.05. The maximum Gasteiger partial charge on any atom is 0.308 e. The van der Waals surface area contributed by atoms with Crippen molar-refractivity contribution in [3.63, 3.8) is 0 Å². The lowest BCUT2D eigenvalue weighted by atomic mass is 10.1. The summed E-state index contributed by atoms with van der Waals surface area (Å²) in [6.07, 6.45) is -1.47. The van der Waals surface area contributed by atoms with Gasteiger partial charge >= 0.3 is 5.97 Å². The van der Waals surface area contributed by atoms with Crippen molar-refractivity contribution in [1.29, 1.82) is 0 Å². The van der Waals surface area contributed by atoms with Crippen LogP contribution in [0.1, 0.15) is 18.2 Å². The molecule has 2 unspecified atom stereocenters. The van der Waals surface area contributed by atoms with Crippen LogP contribution in [-0.4, -0.2) is 39.4 Å². The number of hydrogen-bond donors (Lipinski definition) is 2. The number of benzene rings is 1. The van der Waals surface area contributed by atoms with Gasteiger partial charge in [0, 0.05) is 0 Å². The molecule has 19 heavy (non-hydrogen) atoms. The molecule has 0 aliphatic heterocycles. The van der Waals surface area contributed by atoms with E-state index in [9.17, 15) is 15.0 Å². The molecule has 100 valence electrons. The largest absolute Gasteiger partial charge is 0.469 e. The maximum atomic E-state index is 11.0. The van der Waals surface area contributed by atoms with E-state index in [1.807, 2.05) is 6.07 Å². The molecule has 0 bridgehead atoms. The van der Waals surface area contributed by atoms with Gasteiger partial charge in [0.15, 0.2) is 0 Å². The van der Waals surface area contributed by atoms with E-state index in [4.69, 9.17) is 0 Å². The topological polar surface area (TPSA) is 92.5 Å². The predicted molar refractivity (Wildman–Crippen MR) is 67.1 cm³/mol. The zero-order chi connectivity index (χ0) is 13.8. The van der Waals surface area contributed by atoms with Crippen molar-refractivity contribution >= 4 is 17.0 Å². The SMILES string of the molecule is COC(=O)CC(O)C(O)c1cnc2ccccc2n1. The minimum atomic E-state index is -1.28. The number of para-hydroxylation sites is 2. The number of aliphatic hydroxyl groups is 2. The summed E-state index contributed by atoms with van der Waals surface area (Å²) in [6.45, 7) is 0. The number of fused-ring (bicyclic) bond motifs is 1. The number of carbonyl (C=O) groups excluding carboxylic acids is 1. The van der Waals surface area contributed by atoms with Crippen molar-refractivity contribution in [2.45, 2.75) is 18.6 Å². The van der Waals surface area contributed by atoms with Crippen LogP contribution >= 0.6 is 0 Å². The molecule has 2 N–H and O–H groups in total. The molecule has 0 aliphatic rings. The van der Waals surface area contributed by atoms with E-state index in [1.54, 1.807) is 18.2 Å². The van der Waals surface area contributed by atoms with Crippen molar-refractivity contribution in [3.05, 3.63) is 36.2 Å². The number of ether oxygens (including phenoxy) is 1. The molecule has 1 aromatic carbocycles. The number of esters is 1. The van der Waals surface area contributed by atoms with Gasteiger partial charge in [0.2, 0.25) is 0 Å². The van der Waals surface area contributed by atoms with Crippen molar-refractivity contribution in [2.75, 3.05) is 7.11 Å². The van der Waals surface area contributed by atoms with Gasteiger partial charge in [-0.15, -0.1) is 0 Å². The van der Waals surface area contributed by atoms with Crippen LogP contribution in [0.5, 0.6) is 0 Å². The first-order chi connectivity index (χ1) is 9.11. The summed E-state index contributed by atoms with van der Waals surface area (Å²) in [6, 6.07) is 7.19. The van der Waals surface area contributed by atoms with Crippen molar-refractivity contribution in [3.8, 4) is 0 Å². The van der Waals surface area contributed by atoms with Gasteiger partial charge in [-0.1, -0.05) is 12.1 Å². The number of aromatic nitrogens is 2. The van der Waals surface area contributed by atoms with Gasteiger partial charge in [-0.05, 0) is 12.1 Å². The van der Waals surface area contributed by atoms with Gasteiger partial charge in [-0.2, -0.15) is 0 Å². The molecule has 1 aromatic heterocycles. The Morgan fingerprint density at radius 2 is 2.00 bits per heavy atom. The van der Waals surface area contributed by atoms with E-state index in [1.165, 1.54) is 13.3 Å². The van der Waals surface area contributed by atoms with Crippen molar-refractivity contribution < 1.29 is 19.7 Å². The number of rotatable bonds is 4. The normalized spacial score (nSPS) is 14.1. The highest BCUT2D eigenvalue weighted by molar-refractivity contribution is 5.73. The molecule has 0 saturated carbocycles. The van der Waals surface area contributed by atoms with Crippen LogP contribution < -0.4 is 0 Å².